The summed E-state index contributed by atoms with van der Waals surface area (Å²) in [4.78, 5) is 0. The molecule has 15 heavy (non-hydrogen) atoms. The summed E-state index contributed by atoms with van der Waals surface area (Å²) >= 11 is 0. The molecule has 0 aliphatic rings. The molecule has 0 atom stereocenters. The Morgan fingerprint density at radius 1 is 1.27 bits per heavy atom. The molecule has 0 unspecified atom stereocenters. The van der Waals surface area contributed by atoms with Crippen molar-refractivity contribution in [3.8, 4) is 5.75 Å². The van der Waals surface area contributed by atoms with Crippen LogP contribution in [0.15, 0.2) is 42.6 Å². The van der Waals surface area contributed by atoms with Crippen molar-refractivity contribution in [2.75, 3.05) is 0 Å². The topological polar surface area (TPSA) is 9.23 Å². The van der Waals surface area contributed by atoms with Crippen LogP contribution in [0.5, 0.6) is 5.75 Å². The third kappa shape index (κ3) is 3.40. The molecule has 0 aliphatic carbocycles. The minimum Gasteiger partial charge on any atom is -0.540 e. The van der Waals surface area contributed by atoms with Gasteiger partial charge in [-0.1, -0.05) is 36.1 Å². The van der Waals surface area contributed by atoms with Gasteiger partial charge in [0.1, 0.15) is 5.75 Å². The van der Waals surface area contributed by atoms with Crippen molar-refractivity contribution in [2.45, 2.75) is 20.0 Å². The highest BCUT2D eigenvalue weighted by molar-refractivity contribution is 6.76. The van der Waals surface area contributed by atoms with E-state index >= 15 is 0 Å². The summed E-state index contributed by atoms with van der Waals surface area (Å²) in [6, 6.07) is 8.08. The Bertz CT molecular complexity index is 367. The Morgan fingerprint density at radius 2 is 1.93 bits per heavy atom. The van der Waals surface area contributed by atoms with Gasteiger partial charge in [0.2, 0.25) is 0 Å². The molecule has 0 bridgehead atoms. The average Bonchev–Trinajstić information content (AvgIpc) is 2.21. The minimum absolute atomic E-state index is 0.951. The third-order valence-electron chi connectivity index (χ3n) is 2.13. The van der Waals surface area contributed by atoms with Crippen molar-refractivity contribution in [2.24, 2.45) is 0 Å². The molecule has 0 aromatic heterocycles. The maximum atomic E-state index is 6.00. The van der Waals surface area contributed by atoms with Gasteiger partial charge >= 0.3 is 0 Å². The molecule has 0 saturated heterocycles. The third-order valence-corrected chi connectivity index (χ3v) is 3.86. The number of para-hydroxylation sites is 1. The van der Waals surface area contributed by atoms with Crippen LogP contribution < -0.4 is 4.43 Å². The van der Waals surface area contributed by atoms with Crippen LogP contribution in [-0.4, -0.2) is 8.32 Å². The zero-order valence-corrected chi connectivity index (χ0v) is 10.7. The Morgan fingerprint density at radius 3 is 2.53 bits per heavy atom. The standard InChI is InChI=1S/C13H18OSi/c1-5-9-12-10-7-8-11-13(12)14-15(3,4)6-2/h5-11H,2H2,1,3-4H3/b9-5+. The van der Waals surface area contributed by atoms with Crippen LogP contribution in [0.4, 0.5) is 0 Å². The van der Waals surface area contributed by atoms with Crippen molar-refractivity contribution in [1.82, 2.24) is 0 Å². The zero-order valence-electron chi connectivity index (χ0n) is 9.66. The van der Waals surface area contributed by atoms with Gasteiger partial charge in [0.15, 0.2) is 0 Å². The maximum absolute atomic E-state index is 6.00. The van der Waals surface area contributed by atoms with Crippen molar-refractivity contribution in [1.29, 1.82) is 0 Å². The van der Waals surface area contributed by atoms with Gasteiger partial charge in [-0.15, -0.1) is 6.58 Å². The SMILES string of the molecule is C=C[Si](C)(C)Oc1ccccc1/C=C/C. The lowest BCUT2D eigenvalue weighted by Crippen LogP contribution is -2.31. The molecule has 1 rings (SSSR count). The lowest BCUT2D eigenvalue weighted by molar-refractivity contribution is 0.562. The van der Waals surface area contributed by atoms with Crippen molar-refractivity contribution >= 4 is 14.4 Å². The van der Waals surface area contributed by atoms with E-state index in [9.17, 15) is 0 Å². The van der Waals surface area contributed by atoms with Gasteiger partial charge in [-0.2, -0.15) is 0 Å². The molecule has 1 aromatic rings. The first-order chi connectivity index (χ1) is 7.09. The summed E-state index contributed by atoms with van der Waals surface area (Å²) in [5.41, 5.74) is 3.07. The quantitative estimate of drug-likeness (QED) is 0.693. The number of hydrogen-bond donors (Lipinski definition) is 0. The number of allylic oxidation sites excluding steroid dienone is 1. The molecular formula is C13H18OSi. The Balaban J connectivity index is 2.98. The van der Waals surface area contributed by atoms with E-state index in [-0.39, 0.29) is 0 Å². The molecule has 80 valence electrons. The Labute approximate surface area is 93.2 Å². The monoisotopic (exact) mass is 218 g/mol. The molecule has 0 spiro atoms. The predicted octanol–water partition coefficient (Wildman–Crippen LogP) is 4.03. The Hall–Kier alpha value is -1.28. The first-order valence-electron chi connectivity index (χ1n) is 5.13. The van der Waals surface area contributed by atoms with Gasteiger partial charge in [-0.3, -0.25) is 0 Å². The molecular weight excluding hydrogens is 200 g/mol. The van der Waals surface area contributed by atoms with Crippen LogP contribution in [0.25, 0.3) is 6.08 Å². The fourth-order valence-corrected chi connectivity index (χ4v) is 2.05. The van der Waals surface area contributed by atoms with Gasteiger partial charge in [-0.05, 0) is 26.1 Å². The van der Waals surface area contributed by atoms with Crippen LogP contribution in [0.2, 0.25) is 13.1 Å². The Kier molecular flexibility index (Phi) is 3.92. The van der Waals surface area contributed by atoms with Gasteiger partial charge < -0.3 is 4.43 Å². The number of benzene rings is 1. The lowest BCUT2D eigenvalue weighted by Gasteiger charge is -2.21. The van der Waals surface area contributed by atoms with E-state index < -0.39 is 8.32 Å². The van der Waals surface area contributed by atoms with Crippen LogP contribution >= 0.6 is 0 Å². The second-order valence-corrected chi connectivity index (χ2v) is 7.77. The molecule has 0 fully saturated rings. The second kappa shape index (κ2) is 4.98. The maximum Gasteiger partial charge on any atom is 0.269 e. The smallest absolute Gasteiger partial charge is 0.269 e. The lowest BCUT2D eigenvalue weighted by atomic mass is 10.2. The summed E-state index contributed by atoms with van der Waals surface area (Å²) in [5, 5.41) is 0. The molecule has 0 radical (unpaired) electrons. The molecule has 0 heterocycles. The van der Waals surface area contributed by atoms with E-state index in [4.69, 9.17) is 4.43 Å². The second-order valence-electron chi connectivity index (χ2n) is 3.95. The van der Waals surface area contributed by atoms with Gasteiger partial charge in [0.25, 0.3) is 8.32 Å². The fraction of sp³-hybridized carbons (Fsp3) is 0.231. The van der Waals surface area contributed by atoms with Crippen LogP contribution in [0, 0.1) is 0 Å². The van der Waals surface area contributed by atoms with E-state index in [0.29, 0.717) is 0 Å². The van der Waals surface area contributed by atoms with Crippen molar-refractivity contribution < 1.29 is 4.43 Å². The highest BCUT2D eigenvalue weighted by Crippen LogP contribution is 2.23. The van der Waals surface area contributed by atoms with E-state index in [1.54, 1.807) is 0 Å². The molecule has 0 amide bonds. The van der Waals surface area contributed by atoms with Crippen LogP contribution in [0.1, 0.15) is 12.5 Å². The summed E-state index contributed by atoms with van der Waals surface area (Å²) < 4.78 is 6.00. The van der Waals surface area contributed by atoms with Crippen LogP contribution in [-0.2, 0) is 0 Å². The van der Waals surface area contributed by atoms with Crippen molar-refractivity contribution in [3.63, 3.8) is 0 Å². The fourth-order valence-electron chi connectivity index (χ4n) is 1.22. The van der Waals surface area contributed by atoms with Gasteiger partial charge in [0.05, 0.1) is 0 Å². The zero-order chi connectivity index (χ0) is 11.3. The number of rotatable bonds is 4. The average molecular weight is 218 g/mol. The first kappa shape index (κ1) is 11.8. The summed E-state index contributed by atoms with van der Waals surface area (Å²) in [7, 11) is -1.75. The van der Waals surface area contributed by atoms with E-state index in [2.05, 4.69) is 31.8 Å². The highest BCUT2D eigenvalue weighted by Gasteiger charge is 2.20. The summed E-state index contributed by atoms with van der Waals surface area (Å²) in [6.07, 6.45) is 4.08. The highest BCUT2D eigenvalue weighted by atomic mass is 28.4. The normalized spacial score (nSPS) is 11.7. The van der Waals surface area contributed by atoms with E-state index in [1.165, 1.54) is 0 Å². The van der Waals surface area contributed by atoms with Gasteiger partial charge in [0, 0.05) is 5.56 Å². The molecule has 0 N–H and O–H groups in total. The van der Waals surface area contributed by atoms with Crippen molar-refractivity contribution in [3.05, 3.63) is 48.2 Å². The minimum atomic E-state index is -1.75. The van der Waals surface area contributed by atoms with Gasteiger partial charge in [-0.25, -0.2) is 0 Å². The largest absolute Gasteiger partial charge is 0.540 e. The first-order valence-corrected chi connectivity index (χ1v) is 8.12. The summed E-state index contributed by atoms with van der Waals surface area (Å²) in [6.45, 7) is 10.1. The number of hydrogen-bond acceptors (Lipinski definition) is 1. The van der Waals surface area contributed by atoms with Crippen LogP contribution in [0.3, 0.4) is 0 Å². The molecule has 2 heteroatoms. The molecule has 1 nitrogen and oxygen atoms in total. The summed E-state index contributed by atoms with van der Waals surface area (Å²) in [5.74, 6) is 0.951. The van der Waals surface area contributed by atoms with E-state index in [1.807, 2.05) is 36.9 Å². The van der Waals surface area contributed by atoms with E-state index in [0.717, 1.165) is 11.3 Å². The molecule has 1 aromatic carbocycles. The predicted molar refractivity (Wildman–Crippen MR) is 69.5 cm³/mol. The molecule has 0 aliphatic heterocycles. The molecule has 0 saturated carbocycles.